The first kappa shape index (κ1) is 23.0. The molecule has 0 bridgehead atoms. The fourth-order valence-corrected chi connectivity index (χ4v) is 6.26. The van der Waals surface area contributed by atoms with Crippen LogP contribution in [0.15, 0.2) is 91.0 Å². The van der Waals surface area contributed by atoms with Gasteiger partial charge in [-0.1, -0.05) is 109 Å². The van der Waals surface area contributed by atoms with Gasteiger partial charge < -0.3 is 0 Å². The Kier molecular flexibility index (Phi) is 6.13. The van der Waals surface area contributed by atoms with Gasteiger partial charge in [0, 0.05) is 0 Å². The van der Waals surface area contributed by atoms with E-state index >= 15 is 0 Å². The minimum absolute atomic E-state index is 0.538. The van der Waals surface area contributed by atoms with Gasteiger partial charge in [0.1, 0.15) is 0 Å². The van der Waals surface area contributed by atoms with Gasteiger partial charge in [-0.2, -0.15) is 0 Å². The Labute approximate surface area is 216 Å². The maximum atomic E-state index is 2.48. The molecule has 36 heavy (non-hydrogen) atoms. The van der Waals surface area contributed by atoms with Crippen molar-refractivity contribution in [2.24, 2.45) is 0 Å². The van der Waals surface area contributed by atoms with E-state index in [-0.39, 0.29) is 0 Å². The Morgan fingerprint density at radius 2 is 1.36 bits per heavy atom. The fraction of sp³-hybridized carbons (Fsp3) is 0.278. The SMILES string of the molecule is Cc1ccc(C2=CCc3c(ccc4c3CC(c3ccc(CC(C)c5ccc(C)cc5)cc3)C4)C2)cc1. The maximum absolute atomic E-state index is 2.48. The second-order valence-electron chi connectivity index (χ2n) is 11.2. The van der Waals surface area contributed by atoms with Crippen LogP contribution in [0.4, 0.5) is 0 Å². The summed E-state index contributed by atoms with van der Waals surface area (Å²) in [5, 5.41) is 0. The molecular formula is C36H36. The zero-order valence-electron chi connectivity index (χ0n) is 21.9. The predicted octanol–water partition coefficient (Wildman–Crippen LogP) is 8.71. The lowest BCUT2D eigenvalue weighted by Crippen LogP contribution is -2.06. The van der Waals surface area contributed by atoms with E-state index in [0.717, 1.165) is 19.3 Å². The number of aryl methyl sites for hydroxylation is 2. The van der Waals surface area contributed by atoms with Gasteiger partial charge in [-0.05, 0) is 108 Å². The molecule has 0 N–H and O–H groups in total. The van der Waals surface area contributed by atoms with Crippen LogP contribution in [0, 0.1) is 13.8 Å². The molecule has 0 heterocycles. The van der Waals surface area contributed by atoms with Crippen LogP contribution in [-0.4, -0.2) is 0 Å². The lowest BCUT2D eigenvalue weighted by Gasteiger charge is -2.21. The van der Waals surface area contributed by atoms with Crippen molar-refractivity contribution >= 4 is 5.57 Å². The van der Waals surface area contributed by atoms with Gasteiger partial charge in [-0.3, -0.25) is 0 Å². The summed E-state index contributed by atoms with van der Waals surface area (Å²) >= 11 is 0. The van der Waals surface area contributed by atoms with E-state index < -0.39 is 0 Å². The summed E-state index contributed by atoms with van der Waals surface area (Å²) < 4.78 is 0. The molecule has 6 rings (SSSR count). The highest BCUT2D eigenvalue weighted by Crippen LogP contribution is 2.40. The van der Waals surface area contributed by atoms with Crippen LogP contribution >= 0.6 is 0 Å². The van der Waals surface area contributed by atoms with Crippen LogP contribution in [0.1, 0.15) is 74.4 Å². The van der Waals surface area contributed by atoms with E-state index in [0.29, 0.717) is 11.8 Å². The van der Waals surface area contributed by atoms with Crippen LogP contribution in [0.25, 0.3) is 5.57 Å². The topological polar surface area (TPSA) is 0 Å². The van der Waals surface area contributed by atoms with E-state index in [4.69, 9.17) is 0 Å². The Bertz CT molecular complexity index is 1400. The Morgan fingerprint density at radius 1 is 0.694 bits per heavy atom. The Balaban J connectivity index is 1.15. The number of allylic oxidation sites excluding steroid dienone is 2. The molecule has 0 heteroatoms. The number of rotatable bonds is 5. The Hall–Kier alpha value is -3.38. The highest BCUT2D eigenvalue weighted by Gasteiger charge is 2.27. The summed E-state index contributed by atoms with van der Waals surface area (Å²) in [7, 11) is 0. The first-order valence-corrected chi connectivity index (χ1v) is 13.6. The molecule has 2 aliphatic carbocycles. The smallest absolute Gasteiger partial charge is 0.00199 e. The highest BCUT2D eigenvalue weighted by atomic mass is 14.3. The lowest BCUT2D eigenvalue weighted by molar-refractivity contribution is 0.734. The van der Waals surface area contributed by atoms with Gasteiger partial charge in [-0.25, -0.2) is 0 Å². The summed E-state index contributed by atoms with van der Waals surface area (Å²) in [5.41, 5.74) is 16.2. The van der Waals surface area contributed by atoms with Crippen LogP contribution in [-0.2, 0) is 32.1 Å². The number of hydrogen-bond donors (Lipinski definition) is 0. The van der Waals surface area contributed by atoms with E-state index in [1.807, 2.05) is 0 Å². The molecule has 0 aliphatic heterocycles. The van der Waals surface area contributed by atoms with Crippen molar-refractivity contribution in [1.82, 2.24) is 0 Å². The second-order valence-corrected chi connectivity index (χ2v) is 11.2. The third-order valence-electron chi connectivity index (χ3n) is 8.54. The Morgan fingerprint density at radius 3 is 2.08 bits per heavy atom. The molecule has 0 nitrogen and oxygen atoms in total. The number of benzene rings is 4. The fourth-order valence-electron chi connectivity index (χ4n) is 6.26. The molecule has 4 aromatic carbocycles. The number of hydrogen-bond acceptors (Lipinski definition) is 0. The van der Waals surface area contributed by atoms with Crippen LogP contribution in [0.3, 0.4) is 0 Å². The third kappa shape index (κ3) is 4.58. The number of fused-ring (bicyclic) bond motifs is 3. The summed E-state index contributed by atoms with van der Waals surface area (Å²) in [5.74, 6) is 1.15. The summed E-state index contributed by atoms with van der Waals surface area (Å²) in [4.78, 5) is 0. The molecule has 2 aliphatic rings. The predicted molar refractivity (Wildman–Crippen MR) is 153 cm³/mol. The van der Waals surface area contributed by atoms with Gasteiger partial charge in [0.05, 0.1) is 0 Å². The van der Waals surface area contributed by atoms with Gasteiger partial charge in [0.15, 0.2) is 0 Å². The molecule has 0 radical (unpaired) electrons. The third-order valence-corrected chi connectivity index (χ3v) is 8.54. The molecular weight excluding hydrogens is 432 g/mol. The molecule has 2 atom stereocenters. The first-order valence-electron chi connectivity index (χ1n) is 13.6. The van der Waals surface area contributed by atoms with E-state index in [1.54, 1.807) is 16.7 Å². The van der Waals surface area contributed by atoms with Crippen molar-refractivity contribution in [3.8, 4) is 0 Å². The van der Waals surface area contributed by atoms with Gasteiger partial charge in [-0.15, -0.1) is 0 Å². The lowest BCUT2D eigenvalue weighted by atomic mass is 9.84. The van der Waals surface area contributed by atoms with E-state index in [9.17, 15) is 0 Å². The largest absolute Gasteiger partial charge is 0.0760 e. The summed E-state index contributed by atoms with van der Waals surface area (Å²) in [6.07, 6.45) is 8.07. The van der Waals surface area contributed by atoms with Crippen LogP contribution < -0.4 is 0 Å². The summed E-state index contributed by atoms with van der Waals surface area (Å²) in [6, 6.07) is 32.4. The zero-order valence-corrected chi connectivity index (χ0v) is 21.9. The molecule has 180 valence electrons. The molecule has 2 unspecified atom stereocenters. The minimum Gasteiger partial charge on any atom is -0.0760 e. The monoisotopic (exact) mass is 468 g/mol. The summed E-state index contributed by atoms with van der Waals surface area (Å²) in [6.45, 7) is 6.66. The van der Waals surface area contributed by atoms with E-state index in [1.165, 1.54) is 57.4 Å². The van der Waals surface area contributed by atoms with E-state index in [2.05, 4.69) is 112 Å². The molecule has 4 aromatic rings. The molecule has 0 amide bonds. The van der Waals surface area contributed by atoms with Gasteiger partial charge >= 0.3 is 0 Å². The quantitative estimate of drug-likeness (QED) is 0.275. The molecule has 0 saturated heterocycles. The second kappa shape index (κ2) is 9.58. The highest BCUT2D eigenvalue weighted by molar-refractivity contribution is 5.71. The molecule has 0 spiro atoms. The van der Waals surface area contributed by atoms with Gasteiger partial charge in [0.2, 0.25) is 0 Å². The van der Waals surface area contributed by atoms with Crippen molar-refractivity contribution in [3.63, 3.8) is 0 Å². The van der Waals surface area contributed by atoms with Crippen molar-refractivity contribution < 1.29 is 0 Å². The van der Waals surface area contributed by atoms with Crippen LogP contribution in [0.5, 0.6) is 0 Å². The average molecular weight is 469 g/mol. The van der Waals surface area contributed by atoms with Crippen molar-refractivity contribution in [2.75, 3.05) is 0 Å². The normalized spacial score (nSPS) is 17.3. The van der Waals surface area contributed by atoms with Crippen molar-refractivity contribution in [2.45, 2.75) is 64.7 Å². The minimum atomic E-state index is 0.538. The molecule has 0 fully saturated rings. The molecule has 0 aromatic heterocycles. The van der Waals surface area contributed by atoms with Crippen molar-refractivity contribution in [1.29, 1.82) is 0 Å². The maximum Gasteiger partial charge on any atom is -0.00199 e. The standard InChI is InChI=1S/C36H36/c1-24-4-10-28(11-5-24)26(3)20-27-8-14-30(15-9-27)34-22-33-17-16-32-21-31(18-19-35(32)36(33)23-34)29-12-6-25(2)7-13-29/h4-18,26,34H,19-23H2,1-3H3. The molecule has 0 saturated carbocycles. The average Bonchev–Trinajstić information content (AvgIpc) is 3.34. The first-order chi connectivity index (χ1) is 17.5. The van der Waals surface area contributed by atoms with Gasteiger partial charge in [0.25, 0.3) is 0 Å². The van der Waals surface area contributed by atoms with Crippen molar-refractivity contribution in [3.05, 3.63) is 147 Å². The van der Waals surface area contributed by atoms with Crippen LogP contribution in [0.2, 0.25) is 0 Å². The zero-order chi connectivity index (χ0) is 24.6.